The van der Waals surface area contributed by atoms with Crippen molar-refractivity contribution in [1.82, 2.24) is 0 Å². The summed E-state index contributed by atoms with van der Waals surface area (Å²) in [5.74, 6) is -2.51. The van der Waals surface area contributed by atoms with Gasteiger partial charge in [0.2, 0.25) is 0 Å². The second kappa shape index (κ2) is 7.80. The van der Waals surface area contributed by atoms with Gasteiger partial charge < -0.3 is 24.8 Å². The van der Waals surface area contributed by atoms with Crippen molar-refractivity contribution in [3.8, 4) is 0 Å². The summed E-state index contributed by atoms with van der Waals surface area (Å²) in [6.45, 7) is 15.9. The third-order valence-corrected chi connectivity index (χ3v) is 5.55. The summed E-state index contributed by atoms with van der Waals surface area (Å²) in [5.41, 5.74) is -0.298. The third-order valence-electron chi connectivity index (χ3n) is 5.55. The van der Waals surface area contributed by atoms with Gasteiger partial charge in [-0.15, -0.1) is 6.58 Å². The summed E-state index contributed by atoms with van der Waals surface area (Å²) in [5, 5.41) is 28.2. The minimum atomic E-state index is -1.44. The van der Waals surface area contributed by atoms with Crippen LogP contribution in [-0.2, 0) is 19.1 Å². The van der Waals surface area contributed by atoms with Gasteiger partial charge in [0.15, 0.2) is 0 Å². The maximum absolute atomic E-state index is 12.3. The van der Waals surface area contributed by atoms with Gasteiger partial charge in [-0.25, -0.2) is 9.59 Å². The highest BCUT2D eigenvalue weighted by atomic mass is 16.6. The Hall–Kier alpha value is -2.22. The average Bonchev–Trinajstić information content (AvgIpc) is 2.94. The molecule has 6 atom stereocenters. The molecule has 2 fully saturated rings. The number of carbonyl (C=O) groups is 2. The Morgan fingerprint density at radius 3 is 2.59 bits per heavy atom. The highest BCUT2D eigenvalue weighted by Gasteiger charge is 2.58. The van der Waals surface area contributed by atoms with Gasteiger partial charge in [0.05, 0.1) is 24.7 Å². The van der Waals surface area contributed by atoms with Crippen LogP contribution in [0, 0.1) is 17.3 Å². The minimum Gasteiger partial charge on any atom is -0.458 e. The van der Waals surface area contributed by atoms with Crippen molar-refractivity contribution >= 4 is 11.9 Å². The van der Waals surface area contributed by atoms with Gasteiger partial charge in [-0.1, -0.05) is 32.7 Å². The van der Waals surface area contributed by atoms with Crippen molar-refractivity contribution < 1.29 is 34.4 Å². The summed E-state index contributed by atoms with van der Waals surface area (Å²) in [4.78, 5) is 24.5. The molecule has 7 heteroatoms. The fourth-order valence-corrected chi connectivity index (χ4v) is 3.96. The van der Waals surface area contributed by atoms with E-state index in [4.69, 9.17) is 14.6 Å². The number of hydrogen-bond acceptors (Lipinski definition) is 7. The molecule has 0 spiro atoms. The van der Waals surface area contributed by atoms with Crippen LogP contribution in [0.5, 0.6) is 0 Å². The number of ether oxygens (including phenoxy) is 2. The zero-order chi connectivity index (χ0) is 20.5. The van der Waals surface area contributed by atoms with E-state index in [0.29, 0.717) is 5.57 Å². The first-order chi connectivity index (χ1) is 12.6. The molecule has 7 nitrogen and oxygen atoms in total. The summed E-state index contributed by atoms with van der Waals surface area (Å²) in [6, 6.07) is 0. The van der Waals surface area contributed by atoms with Crippen LogP contribution in [0.3, 0.4) is 0 Å². The summed E-state index contributed by atoms with van der Waals surface area (Å²) >= 11 is 0. The number of carbonyl (C=O) groups excluding carboxylic acids is 2. The predicted octanol–water partition coefficient (Wildman–Crippen LogP) is 0.666. The standard InChI is InChI=1S/C20H26O7/c1-6-20(5)7-14(26-18(24)11(3)13(23)9-22)15-12(4)19(25)27-17(15)16(20)10(2)8-21/h6,13-17,21-23H,1-4,7-9H2,5H3/t13-,14-,15+,16+,17-,20+/m0/s1. The molecule has 1 aliphatic carbocycles. The predicted molar refractivity (Wildman–Crippen MR) is 97.3 cm³/mol. The Morgan fingerprint density at radius 1 is 1.44 bits per heavy atom. The highest BCUT2D eigenvalue weighted by molar-refractivity contribution is 5.92. The Labute approximate surface area is 158 Å². The first-order valence-corrected chi connectivity index (χ1v) is 8.61. The number of aliphatic hydroxyl groups is 3. The fraction of sp³-hybridized carbons (Fsp3) is 0.500. The average molecular weight is 378 g/mol. The lowest BCUT2D eigenvalue weighted by Gasteiger charge is -2.48. The van der Waals surface area contributed by atoms with Crippen molar-refractivity contribution in [2.24, 2.45) is 17.3 Å². The molecule has 0 aromatic heterocycles. The van der Waals surface area contributed by atoms with Gasteiger partial charge in [0, 0.05) is 11.5 Å². The Morgan fingerprint density at radius 2 is 2.07 bits per heavy atom. The van der Waals surface area contributed by atoms with Gasteiger partial charge >= 0.3 is 11.9 Å². The van der Waals surface area contributed by atoms with Crippen molar-refractivity contribution in [3.63, 3.8) is 0 Å². The molecule has 3 N–H and O–H groups in total. The minimum absolute atomic E-state index is 0.174. The highest BCUT2D eigenvalue weighted by Crippen LogP contribution is 2.53. The lowest BCUT2D eigenvalue weighted by Crippen LogP contribution is -2.52. The van der Waals surface area contributed by atoms with E-state index < -0.39 is 54.1 Å². The monoisotopic (exact) mass is 378 g/mol. The van der Waals surface area contributed by atoms with E-state index in [1.165, 1.54) is 0 Å². The maximum Gasteiger partial charge on any atom is 0.336 e. The molecule has 0 unspecified atom stereocenters. The van der Waals surface area contributed by atoms with Gasteiger partial charge in [0.25, 0.3) is 0 Å². The molecular formula is C20H26O7. The molecule has 0 aromatic rings. The maximum atomic E-state index is 12.3. The molecule has 0 amide bonds. The molecule has 0 bridgehead atoms. The van der Waals surface area contributed by atoms with Gasteiger partial charge in [-0.3, -0.25) is 0 Å². The topological polar surface area (TPSA) is 113 Å². The van der Waals surface area contributed by atoms with Gasteiger partial charge in [0.1, 0.15) is 18.3 Å². The number of aliphatic hydroxyl groups excluding tert-OH is 3. The molecule has 2 rings (SSSR count). The zero-order valence-electron chi connectivity index (χ0n) is 15.4. The van der Waals surface area contributed by atoms with E-state index in [1.54, 1.807) is 6.08 Å². The molecular weight excluding hydrogens is 352 g/mol. The smallest absolute Gasteiger partial charge is 0.336 e. The Kier molecular flexibility index (Phi) is 6.09. The number of hydrogen-bond donors (Lipinski definition) is 3. The van der Waals surface area contributed by atoms with Crippen LogP contribution in [0.1, 0.15) is 13.3 Å². The first kappa shape index (κ1) is 21.1. The SMILES string of the molecule is C=C[C@]1(C)C[C@H](OC(=O)C(=C)[C@@H](O)CO)[C@H]2C(=C)C(=O)O[C@@H]2[C@H]1C(=C)CO. The molecule has 1 saturated carbocycles. The normalized spacial score (nSPS) is 33.6. The number of rotatable bonds is 7. The van der Waals surface area contributed by atoms with Crippen LogP contribution in [0.2, 0.25) is 0 Å². The van der Waals surface area contributed by atoms with Crippen molar-refractivity contribution in [2.75, 3.05) is 13.2 Å². The third kappa shape index (κ3) is 3.63. The molecule has 2 aliphatic rings. The van der Waals surface area contributed by atoms with Crippen LogP contribution in [0.15, 0.2) is 49.1 Å². The second-order valence-corrected chi connectivity index (χ2v) is 7.30. The quantitative estimate of drug-likeness (QED) is 0.339. The summed E-state index contributed by atoms with van der Waals surface area (Å²) in [7, 11) is 0. The lowest BCUT2D eigenvalue weighted by molar-refractivity contribution is -0.160. The van der Waals surface area contributed by atoms with Crippen LogP contribution in [0.4, 0.5) is 0 Å². The largest absolute Gasteiger partial charge is 0.458 e. The van der Waals surface area contributed by atoms with Crippen LogP contribution < -0.4 is 0 Å². The van der Waals surface area contributed by atoms with E-state index >= 15 is 0 Å². The number of esters is 2. The van der Waals surface area contributed by atoms with Crippen LogP contribution >= 0.6 is 0 Å². The zero-order valence-corrected chi connectivity index (χ0v) is 15.4. The molecule has 0 aromatic carbocycles. The van der Waals surface area contributed by atoms with E-state index in [9.17, 15) is 19.8 Å². The summed E-state index contributed by atoms with van der Waals surface area (Å²) < 4.78 is 11.0. The first-order valence-electron chi connectivity index (χ1n) is 8.61. The van der Waals surface area contributed by atoms with Crippen LogP contribution in [0.25, 0.3) is 0 Å². The van der Waals surface area contributed by atoms with E-state index in [0.717, 1.165) is 0 Å². The van der Waals surface area contributed by atoms with Gasteiger partial charge in [-0.05, 0) is 17.4 Å². The van der Waals surface area contributed by atoms with Crippen molar-refractivity contribution in [3.05, 3.63) is 49.1 Å². The number of allylic oxidation sites excluding steroid dienone is 1. The Bertz CT molecular complexity index is 694. The molecule has 0 radical (unpaired) electrons. The lowest BCUT2D eigenvalue weighted by atomic mass is 9.59. The second-order valence-electron chi connectivity index (χ2n) is 7.30. The molecule has 148 valence electrons. The van der Waals surface area contributed by atoms with Crippen molar-refractivity contribution in [2.45, 2.75) is 31.7 Å². The fourth-order valence-electron chi connectivity index (χ4n) is 3.96. The molecule has 1 heterocycles. The van der Waals surface area contributed by atoms with Crippen molar-refractivity contribution in [1.29, 1.82) is 0 Å². The summed E-state index contributed by atoms with van der Waals surface area (Å²) in [6.07, 6.45) is -0.980. The van der Waals surface area contributed by atoms with Crippen LogP contribution in [-0.4, -0.2) is 58.8 Å². The molecule has 1 saturated heterocycles. The van der Waals surface area contributed by atoms with E-state index in [-0.39, 0.29) is 24.2 Å². The molecule has 1 aliphatic heterocycles. The Balaban J connectivity index is 2.39. The number of fused-ring (bicyclic) bond motifs is 1. The van der Waals surface area contributed by atoms with E-state index in [2.05, 4.69) is 26.3 Å². The molecule has 27 heavy (non-hydrogen) atoms. The van der Waals surface area contributed by atoms with E-state index in [1.807, 2.05) is 6.92 Å². The van der Waals surface area contributed by atoms with Gasteiger partial charge in [-0.2, -0.15) is 0 Å².